The first kappa shape index (κ1) is 26.0. The molecule has 0 unspecified atom stereocenters. The number of hydrogen-bond donors (Lipinski definition) is 3. The van der Waals surface area contributed by atoms with Crippen molar-refractivity contribution in [2.45, 2.75) is 31.0 Å². The number of amides is 2. The van der Waals surface area contributed by atoms with Crippen molar-refractivity contribution in [1.29, 1.82) is 0 Å². The topological polar surface area (TPSA) is 124 Å². The molecular weight excluding hydrogens is 472 g/mol. The molecule has 37 heavy (non-hydrogen) atoms. The molecule has 2 amide bonds. The number of hydrogen-bond acceptors (Lipinski definition) is 7. The van der Waals surface area contributed by atoms with Gasteiger partial charge in [0.25, 0.3) is 5.91 Å². The van der Waals surface area contributed by atoms with Gasteiger partial charge in [0.15, 0.2) is 0 Å². The number of carbonyl (C=O) groups is 2. The van der Waals surface area contributed by atoms with E-state index in [4.69, 9.17) is 4.84 Å². The average Bonchev–Trinajstić information content (AvgIpc) is 3.34. The Morgan fingerprint density at radius 1 is 1.11 bits per heavy atom. The van der Waals surface area contributed by atoms with Crippen molar-refractivity contribution in [3.63, 3.8) is 0 Å². The molecule has 1 fully saturated rings. The van der Waals surface area contributed by atoms with Crippen LogP contribution in [-0.4, -0.2) is 70.0 Å². The molecule has 0 saturated carbocycles. The first-order valence-corrected chi connectivity index (χ1v) is 12.0. The Kier molecular flexibility index (Phi) is 8.60. The Labute approximate surface area is 215 Å². The third-order valence-corrected chi connectivity index (χ3v) is 6.36. The summed E-state index contributed by atoms with van der Waals surface area (Å²) in [5, 5.41) is 27.1. The van der Waals surface area contributed by atoms with Crippen LogP contribution in [0.3, 0.4) is 0 Å². The number of rotatable bonds is 9. The molecule has 1 aromatic heterocycles. The van der Waals surface area contributed by atoms with Crippen molar-refractivity contribution in [3.8, 4) is 11.1 Å². The zero-order chi connectivity index (χ0) is 26.2. The maximum Gasteiger partial charge on any atom is 0.254 e. The zero-order valence-corrected chi connectivity index (χ0v) is 20.5. The van der Waals surface area contributed by atoms with Gasteiger partial charge in [-0.3, -0.25) is 14.6 Å². The lowest BCUT2D eigenvalue weighted by atomic mass is 10.0. The smallest absolute Gasteiger partial charge is 0.254 e. The van der Waals surface area contributed by atoms with Gasteiger partial charge in [-0.25, -0.2) is 0 Å². The lowest BCUT2D eigenvalue weighted by Gasteiger charge is -2.26. The summed E-state index contributed by atoms with van der Waals surface area (Å²) in [5.74, 6) is -0.609. The van der Waals surface area contributed by atoms with Crippen LogP contribution in [0.25, 0.3) is 11.1 Å². The lowest BCUT2D eigenvalue weighted by molar-refractivity contribution is -0.124. The van der Waals surface area contributed by atoms with Gasteiger partial charge in [0, 0.05) is 36.8 Å². The molecule has 9 heteroatoms. The van der Waals surface area contributed by atoms with Crippen molar-refractivity contribution >= 4 is 17.5 Å². The quantitative estimate of drug-likeness (QED) is 0.387. The minimum atomic E-state index is -1.07. The molecule has 9 nitrogen and oxygen atoms in total. The molecule has 4 rings (SSSR count). The Hall–Kier alpha value is -4.08. The van der Waals surface area contributed by atoms with E-state index in [2.05, 4.69) is 15.5 Å². The highest BCUT2D eigenvalue weighted by Gasteiger charge is 2.36. The van der Waals surface area contributed by atoms with E-state index in [-0.39, 0.29) is 24.8 Å². The number of oxime groups is 1. The van der Waals surface area contributed by atoms with E-state index in [0.29, 0.717) is 23.3 Å². The highest BCUT2D eigenvalue weighted by atomic mass is 16.6. The molecule has 0 spiro atoms. The van der Waals surface area contributed by atoms with Crippen molar-refractivity contribution in [3.05, 3.63) is 90.3 Å². The molecular formula is C28H30N4O5. The highest BCUT2D eigenvalue weighted by molar-refractivity contribution is 6.01. The number of carbonyl (C=O) groups excluding carboxylic acids is 2. The van der Waals surface area contributed by atoms with Crippen LogP contribution in [-0.2, 0) is 9.63 Å². The number of pyridine rings is 1. The van der Waals surface area contributed by atoms with Crippen LogP contribution >= 0.6 is 0 Å². The SMILES string of the molecule is CON=C1C[C@@H](CC(=O)N[C@@H](CO)[C@@H](O)c2ccccc2)N(C(=O)c2ccc(-c3cccnc3)cc2)C1. The summed E-state index contributed by atoms with van der Waals surface area (Å²) in [6, 6.07) is 18.5. The number of nitrogens with zero attached hydrogens (tertiary/aromatic N) is 3. The first-order chi connectivity index (χ1) is 18.0. The Bertz CT molecular complexity index is 1220. The monoisotopic (exact) mass is 502 g/mol. The van der Waals surface area contributed by atoms with E-state index in [1.165, 1.54) is 7.11 Å². The van der Waals surface area contributed by atoms with Crippen LogP contribution in [0.5, 0.6) is 0 Å². The van der Waals surface area contributed by atoms with Gasteiger partial charge >= 0.3 is 0 Å². The van der Waals surface area contributed by atoms with E-state index in [1.807, 2.05) is 30.3 Å². The van der Waals surface area contributed by atoms with Gasteiger partial charge in [-0.1, -0.05) is 53.7 Å². The van der Waals surface area contributed by atoms with Gasteiger partial charge < -0.3 is 25.3 Å². The summed E-state index contributed by atoms with van der Waals surface area (Å²) >= 11 is 0. The first-order valence-electron chi connectivity index (χ1n) is 12.0. The fourth-order valence-electron chi connectivity index (χ4n) is 4.48. The van der Waals surface area contributed by atoms with Crippen molar-refractivity contribution < 1.29 is 24.6 Å². The van der Waals surface area contributed by atoms with Crippen molar-refractivity contribution in [1.82, 2.24) is 15.2 Å². The van der Waals surface area contributed by atoms with Gasteiger partial charge in [0.1, 0.15) is 13.2 Å². The van der Waals surface area contributed by atoms with E-state index >= 15 is 0 Å². The molecule has 1 saturated heterocycles. The fourth-order valence-corrected chi connectivity index (χ4v) is 4.48. The summed E-state index contributed by atoms with van der Waals surface area (Å²) in [6.45, 7) is -0.195. The lowest BCUT2D eigenvalue weighted by Crippen LogP contribution is -2.45. The van der Waals surface area contributed by atoms with Crippen LogP contribution in [0.15, 0.2) is 84.3 Å². The molecule has 1 aliphatic heterocycles. The second-order valence-corrected chi connectivity index (χ2v) is 8.87. The number of aliphatic hydroxyl groups is 2. The van der Waals surface area contributed by atoms with E-state index in [9.17, 15) is 19.8 Å². The molecule has 2 aromatic carbocycles. The van der Waals surface area contributed by atoms with Crippen molar-refractivity contribution in [2.75, 3.05) is 20.3 Å². The third kappa shape index (κ3) is 6.38. The number of aliphatic hydroxyl groups excluding tert-OH is 2. The molecule has 0 aliphatic carbocycles. The number of likely N-dealkylation sites (tertiary alicyclic amines) is 1. The minimum Gasteiger partial charge on any atom is -0.399 e. The van der Waals surface area contributed by atoms with Gasteiger partial charge in [-0.05, 0) is 34.9 Å². The summed E-state index contributed by atoms with van der Waals surface area (Å²) < 4.78 is 0. The summed E-state index contributed by atoms with van der Waals surface area (Å²) in [4.78, 5) is 37.0. The summed E-state index contributed by atoms with van der Waals surface area (Å²) in [6.07, 6.45) is 2.76. The molecule has 2 heterocycles. The normalized spacial score (nSPS) is 17.9. The fraction of sp³-hybridized carbons (Fsp3) is 0.286. The zero-order valence-electron chi connectivity index (χ0n) is 20.5. The van der Waals surface area contributed by atoms with E-state index < -0.39 is 24.8 Å². The Morgan fingerprint density at radius 2 is 1.86 bits per heavy atom. The number of benzene rings is 2. The maximum atomic E-state index is 13.4. The van der Waals surface area contributed by atoms with Crippen LogP contribution in [0, 0.1) is 0 Å². The van der Waals surface area contributed by atoms with Crippen LogP contribution in [0.1, 0.15) is 34.9 Å². The van der Waals surface area contributed by atoms with Crippen LogP contribution < -0.4 is 5.32 Å². The summed E-state index contributed by atoms with van der Waals surface area (Å²) in [7, 11) is 1.44. The molecule has 0 radical (unpaired) electrons. The van der Waals surface area contributed by atoms with Crippen LogP contribution in [0.4, 0.5) is 0 Å². The van der Waals surface area contributed by atoms with Crippen LogP contribution in [0.2, 0.25) is 0 Å². The second kappa shape index (κ2) is 12.2. The predicted molar refractivity (Wildman–Crippen MR) is 139 cm³/mol. The Balaban J connectivity index is 1.46. The molecule has 3 N–H and O–H groups in total. The number of aromatic nitrogens is 1. The minimum absolute atomic E-state index is 0.0136. The molecule has 3 atom stereocenters. The van der Waals surface area contributed by atoms with Crippen molar-refractivity contribution in [2.24, 2.45) is 5.16 Å². The van der Waals surface area contributed by atoms with E-state index in [0.717, 1.165) is 11.1 Å². The van der Waals surface area contributed by atoms with Gasteiger partial charge in [-0.15, -0.1) is 0 Å². The average molecular weight is 503 g/mol. The molecule has 1 aliphatic rings. The number of nitrogens with one attached hydrogen (secondary N) is 1. The molecule has 192 valence electrons. The molecule has 3 aromatic rings. The second-order valence-electron chi connectivity index (χ2n) is 8.87. The largest absolute Gasteiger partial charge is 0.399 e. The standard InChI is InChI=1S/C28H30N4O5/c1-37-31-23-14-24(15-26(34)30-25(18-33)27(35)20-6-3-2-4-7-20)32(17-23)28(36)21-11-9-19(10-12-21)22-8-5-13-29-16-22/h2-13,16,24-25,27,33,35H,14-15,17-18H2,1H3,(H,30,34)/t24-,25-,27-/m0/s1. The van der Waals surface area contributed by atoms with E-state index in [1.54, 1.807) is 53.7 Å². The van der Waals surface area contributed by atoms with Gasteiger partial charge in [-0.2, -0.15) is 0 Å². The highest BCUT2D eigenvalue weighted by Crippen LogP contribution is 2.24. The Morgan fingerprint density at radius 3 is 2.51 bits per heavy atom. The van der Waals surface area contributed by atoms with Gasteiger partial charge in [0.2, 0.25) is 5.91 Å². The predicted octanol–water partition coefficient (Wildman–Crippen LogP) is 2.57. The molecule has 0 bridgehead atoms. The third-order valence-electron chi connectivity index (χ3n) is 6.36. The summed E-state index contributed by atoms with van der Waals surface area (Å²) in [5.41, 5.74) is 3.62. The van der Waals surface area contributed by atoms with Gasteiger partial charge in [0.05, 0.1) is 24.9 Å². The maximum absolute atomic E-state index is 13.4.